The van der Waals surface area contributed by atoms with E-state index >= 15 is 0 Å². The van der Waals surface area contributed by atoms with Crippen molar-refractivity contribution in [3.8, 4) is 0 Å². The number of hydrogen-bond donors (Lipinski definition) is 0. The highest BCUT2D eigenvalue weighted by Gasteiger charge is 2.18. The second-order valence-electron chi connectivity index (χ2n) is 5.98. The normalized spacial score (nSPS) is 15.9. The minimum Gasteiger partial charge on any atom is -0.460 e. The highest BCUT2D eigenvalue weighted by molar-refractivity contribution is 5.91. The zero-order valence-electron chi connectivity index (χ0n) is 16.1. The largest absolute Gasteiger partial charge is 0.460 e. The van der Waals surface area contributed by atoms with Crippen LogP contribution in [-0.2, 0) is 38.0 Å². The summed E-state index contributed by atoms with van der Waals surface area (Å²) in [5, 5.41) is 0. The lowest BCUT2D eigenvalue weighted by Crippen LogP contribution is -2.28. The summed E-state index contributed by atoms with van der Waals surface area (Å²) in [5.74, 6) is -1.30. The first-order chi connectivity index (χ1) is 11.8. The van der Waals surface area contributed by atoms with Crippen LogP contribution in [0.25, 0.3) is 0 Å². The molecule has 0 aliphatic carbocycles. The molecule has 4 atom stereocenters. The van der Waals surface area contributed by atoms with Gasteiger partial charge in [-0.2, -0.15) is 0 Å². The lowest BCUT2D eigenvalue weighted by atomic mass is 10.3. The maximum atomic E-state index is 11.7. The molecule has 8 heteroatoms. The molecule has 0 fully saturated rings. The van der Waals surface area contributed by atoms with Crippen LogP contribution in [0, 0.1) is 0 Å². The molecule has 0 aromatic rings. The highest BCUT2D eigenvalue weighted by Crippen LogP contribution is 2.03. The van der Waals surface area contributed by atoms with Gasteiger partial charge in [0.1, 0.15) is 18.6 Å². The Morgan fingerprint density at radius 1 is 0.640 bits per heavy atom. The SMILES string of the molecule is COCC(C)OCC(C)OC(=O)CC(=O)OC(C)COC(C)COC. The summed E-state index contributed by atoms with van der Waals surface area (Å²) in [6.45, 7) is 8.46. The van der Waals surface area contributed by atoms with Crippen molar-refractivity contribution >= 4 is 11.9 Å². The van der Waals surface area contributed by atoms with Crippen LogP contribution in [0.3, 0.4) is 0 Å². The van der Waals surface area contributed by atoms with E-state index in [4.69, 9.17) is 28.4 Å². The molecule has 0 aromatic heterocycles. The van der Waals surface area contributed by atoms with Crippen molar-refractivity contribution in [3.63, 3.8) is 0 Å². The van der Waals surface area contributed by atoms with Gasteiger partial charge in [-0.1, -0.05) is 0 Å². The lowest BCUT2D eigenvalue weighted by Gasteiger charge is -2.18. The third-order valence-corrected chi connectivity index (χ3v) is 2.99. The van der Waals surface area contributed by atoms with Crippen molar-refractivity contribution in [2.24, 2.45) is 0 Å². The van der Waals surface area contributed by atoms with Gasteiger partial charge in [-0.3, -0.25) is 9.59 Å². The van der Waals surface area contributed by atoms with Crippen LogP contribution < -0.4 is 0 Å². The van der Waals surface area contributed by atoms with E-state index in [1.165, 1.54) is 0 Å². The van der Waals surface area contributed by atoms with E-state index < -0.39 is 30.6 Å². The van der Waals surface area contributed by atoms with E-state index in [0.29, 0.717) is 13.2 Å². The Bertz CT molecular complexity index is 340. The molecule has 4 unspecified atom stereocenters. The van der Waals surface area contributed by atoms with Crippen LogP contribution in [0.2, 0.25) is 0 Å². The van der Waals surface area contributed by atoms with E-state index in [-0.39, 0.29) is 25.4 Å². The van der Waals surface area contributed by atoms with Gasteiger partial charge in [0.05, 0.1) is 38.6 Å². The summed E-state index contributed by atoms with van der Waals surface area (Å²) >= 11 is 0. The van der Waals surface area contributed by atoms with Crippen molar-refractivity contribution in [3.05, 3.63) is 0 Å². The molecule has 0 amide bonds. The van der Waals surface area contributed by atoms with Crippen LogP contribution in [0.4, 0.5) is 0 Å². The third-order valence-electron chi connectivity index (χ3n) is 2.99. The molecule has 0 aromatic carbocycles. The van der Waals surface area contributed by atoms with Gasteiger partial charge in [0, 0.05) is 14.2 Å². The van der Waals surface area contributed by atoms with Gasteiger partial charge in [-0.25, -0.2) is 0 Å². The summed E-state index contributed by atoms with van der Waals surface area (Å²) in [4.78, 5) is 23.4. The summed E-state index contributed by atoms with van der Waals surface area (Å²) in [6, 6.07) is 0. The number of methoxy groups -OCH3 is 2. The average molecular weight is 364 g/mol. The fourth-order valence-corrected chi connectivity index (χ4v) is 1.88. The molecule has 148 valence electrons. The Morgan fingerprint density at radius 3 is 1.32 bits per heavy atom. The maximum absolute atomic E-state index is 11.7. The molecule has 0 saturated heterocycles. The molecule has 0 radical (unpaired) electrons. The highest BCUT2D eigenvalue weighted by atomic mass is 16.6. The second-order valence-corrected chi connectivity index (χ2v) is 5.98. The van der Waals surface area contributed by atoms with Crippen LogP contribution in [-0.4, -0.2) is 77.0 Å². The van der Waals surface area contributed by atoms with Crippen molar-refractivity contribution in [1.29, 1.82) is 0 Å². The Labute approximate surface area is 150 Å². The van der Waals surface area contributed by atoms with Gasteiger partial charge in [0.15, 0.2) is 0 Å². The molecule has 0 N–H and O–H groups in total. The molecular formula is C17H32O8. The van der Waals surface area contributed by atoms with Crippen LogP contribution in [0.5, 0.6) is 0 Å². The smallest absolute Gasteiger partial charge is 0.317 e. The molecule has 0 heterocycles. The zero-order valence-corrected chi connectivity index (χ0v) is 16.1. The molecule has 0 aliphatic heterocycles. The lowest BCUT2D eigenvalue weighted by molar-refractivity contribution is -0.163. The second kappa shape index (κ2) is 14.0. The van der Waals surface area contributed by atoms with Gasteiger partial charge in [0.25, 0.3) is 0 Å². The first-order valence-electron chi connectivity index (χ1n) is 8.38. The Hall–Kier alpha value is -1.22. The summed E-state index contributed by atoms with van der Waals surface area (Å²) in [7, 11) is 3.17. The fourth-order valence-electron chi connectivity index (χ4n) is 1.88. The van der Waals surface area contributed by atoms with Gasteiger partial charge in [-0.15, -0.1) is 0 Å². The molecule has 0 saturated carbocycles. The van der Waals surface area contributed by atoms with Crippen molar-refractivity contribution in [2.75, 3.05) is 40.6 Å². The summed E-state index contributed by atoms with van der Waals surface area (Å²) < 4.78 is 31.0. The van der Waals surface area contributed by atoms with Crippen LogP contribution in [0.1, 0.15) is 34.1 Å². The van der Waals surface area contributed by atoms with Crippen LogP contribution >= 0.6 is 0 Å². The molecule has 8 nitrogen and oxygen atoms in total. The standard InChI is InChI=1S/C17H32O8/c1-12(8-20-5)22-10-14(3)24-16(18)7-17(19)25-15(4)11-23-13(2)9-21-6/h12-15H,7-11H2,1-6H3. The third kappa shape index (κ3) is 13.7. The topological polar surface area (TPSA) is 89.5 Å². The number of hydrogen-bond acceptors (Lipinski definition) is 8. The van der Waals surface area contributed by atoms with E-state index in [9.17, 15) is 9.59 Å². The Morgan fingerprint density at radius 2 is 1.00 bits per heavy atom. The van der Waals surface area contributed by atoms with Crippen LogP contribution in [0.15, 0.2) is 0 Å². The summed E-state index contributed by atoms with van der Waals surface area (Å²) in [6.07, 6.45) is -1.57. The van der Waals surface area contributed by atoms with E-state index in [1.807, 2.05) is 13.8 Å². The van der Waals surface area contributed by atoms with Gasteiger partial charge >= 0.3 is 11.9 Å². The van der Waals surface area contributed by atoms with Crippen molar-refractivity contribution in [1.82, 2.24) is 0 Å². The van der Waals surface area contributed by atoms with E-state index in [0.717, 1.165) is 0 Å². The first kappa shape index (κ1) is 23.8. The minimum atomic E-state index is -0.652. The minimum absolute atomic E-state index is 0.0996. The quantitative estimate of drug-likeness (QED) is 0.337. The van der Waals surface area contributed by atoms with Crippen molar-refractivity contribution < 1.29 is 38.0 Å². The molecule has 0 rings (SSSR count). The van der Waals surface area contributed by atoms with E-state index in [2.05, 4.69) is 0 Å². The van der Waals surface area contributed by atoms with Crippen molar-refractivity contribution in [2.45, 2.75) is 58.5 Å². The first-order valence-corrected chi connectivity index (χ1v) is 8.38. The number of ether oxygens (including phenoxy) is 6. The fraction of sp³-hybridized carbons (Fsp3) is 0.882. The molecule has 0 aliphatic rings. The number of carbonyl (C=O) groups is 2. The monoisotopic (exact) mass is 364 g/mol. The Kier molecular flexibility index (Phi) is 13.3. The number of carbonyl (C=O) groups excluding carboxylic acids is 2. The molecule has 0 bridgehead atoms. The molecule has 0 spiro atoms. The number of esters is 2. The van der Waals surface area contributed by atoms with Gasteiger partial charge in [0.2, 0.25) is 0 Å². The maximum Gasteiger partial charge on any atom is 0.317 e. The Balaban J connectivity index is 3.94. The average Bonchev–Trinajstić information content (AvgIpc) is 2.51. The summed E-state index contributed by atoms with van der Waals surface area (Å²) in [5.41, 5.74) is 0. The molecular weight excluding hydrogens is 332 g/mol. The number of rotatable bonds is 14. The van der Waals surface area contributed by atoms with E-state index in [1.54, 1.807) is 28.1 Å². The predicted octanol–water partition coefficient (Wildman–Crippen LogP) is 1.34. The zero-order chi connectivity index (χ0) is 19.2. The van der Waals surface area contributed by atoms with Gasteiger partial charge < -0.3 is 28.4 Å². The van der Waals surface area contributed by atoms with Gasteiger partial charge in [-0.05, 0) is 27.7 Å². The molecule has 25 heavy (non-hydrogen) atoms. The predicted molar refractivity (Wildman–Crippen MR) is 90.3 cm³/mol.